The number of hydrogen-bond donors (Lipinski definition) is 1. The summed E-state index contributed by atoms with van der Waals surface area (Å²) in [6.07, 6.45) is 0.460. The van der Waals surface area contributed by atoms with Crippen molar-refractivity contribution in [3.8, 4) is 17.1 Å². The van der Waals surface area contributed by atoms with E-state index in [1.807, 2.05) is 0 Å². The van der Waals surface area contributed by atoms with E-state index in [1.165, 1.54) is 0 Å². The molecule has 1 N–H and O–H groups in total. The highest BCUT2D eigenvalue weighted by molar-refractivity contribution is 6.30. The van der Waals surface area contributed by atoms with Crippen LogP contribution in [0.5, 0.6) is 5.75 Å². The average Bonchev–Trinajstić information content (AvgIpc) is 3.21. The summed E-state index contributed by atoms with van der Waals surface area (Å²) in [5.41, 5.74) is 1.33. The van der Waals surface area contributed by atoms with Crippen LogP contribution >= 0.6 is 11.6 Å². The molecule has 0 aliphatic heterocycles. The molecule has 1 heterocycles. The fourth-order valence-electron chi connectivity index (χ4n) is 2.53. The number of nitrogens with zero attached hydrogens (tertiary/aromatic N) is 2. The van der Waals surface area contributed by atoms with Gasteiger partial charge in [0, 0.05) is 35.2 Å². The lowest BCUT2D eigenvalue weighted by Gasteiger charge is -2.08. The molecule has 3 aromatic rings. The normalized spacial score (nSPS) is 10.5. The SMILES string of the molecule is CCOC(=O)COc1cccc(NC(=O)CCc2nc(-c3ccc(Cl)cc3)no2)c1. The van der Waals surface area contributed by atoms with Gasteiger partial charge in [-0.25, -0.2) is 4.79 Å². The third-order valence-electron chi connectivity index (χ3n) is 3.92. The Balaban J connectivity index is 1.49. The number of nitrogens with one attached hydrogen (secondary N) is 1. The second-order valence-electron chi connectivity index (χ2n) is 6.19. The Morgan fingerprint density at radius 2 is 1.97 bits per heavy atom. The van der Waals surface area contributed by atoms with Crippen LogP contribution < -0.4 is 10.1 Å². The number of carbonyl (C=O) groups excluding carboxylic acids is 2. The van der Waals surface area contributed by atoms with E-state index in [0.717, 1.165) is 5.56 Å². The highest BCUT2D eigenvalue weighted by Gasteiger charge is 2.11. The minimum atomic E-state index is -0.454. The highest BCUT2D eigenvalue weighted by Crippen LogP contribution is 2.20. The van der Waals surface area contributed by atoms with Crippen LogP contribution in [0, 0.1) is 0 Å². The Labute approximate surface area is 178 Å². The van der Waals surface area contributed by atoms with E-state index >= 15 is 0 Å². The summed E-state index contributed by atoms with van der Waals surface area (Å²) in [7, 11) is 0. The van der Waals surface area contributed by atoms with Crippen molar-refractivity contribution in [1.29, 1.82) is 0 Å². The third kappa shape index (κ3) is 6.31. The monoisotopic (exact) mass is 429 g/mol. The van der Waals surface area contributed by atoms with Crippen LogP contribution in [-0.4, -0.2) is 35.2 Å². The fourth-order valence-corrected chi connectivity index (χ4v) is 2.65. The van der Waals surface area contributed by atoms with Crippen molar-refractivity contribution in [1.82, 2.24) is 10.1 Å². The van der Waals surface area contributed by atoms with E-state index in [9.17, 15) is 9.59 Å². The first-order valence-electron chi connectivity index (χ1n) is 9.30. The van der Waals surface area contributed by atoms with Crippen LogP contribution in [0.3, 0.4) is 0 Å². The van der Waals surface area contributed by atoms with Crippen molar-refractivity contribution in [2.24, 2.45) is 0 Å². The molecule has 1 amide bonds. The molecule has 8 nitrogen and oxygen atoms in total. The van der Waals surface area contributed by atoms with Crippen LogP contribution in [0.2, 0.25) is 5.02 Å². The zero-order valence-corrected chi connectivity index (χ0v) is 17.0. The molecule has 0 radical (unpaired) electrons. The maximum atomic E-state index is 12.2. The summed E-state index contributed by atoms with van der Waals surface area (Å²) in [6.45, 7) is 1.82. The van der Waals surface area contributed by atoms with Gasteiger partial charge in [-0.3, -0.25) is 4.79 Å². The molecule has 0 unspecified atom stereocenters. The van der Waals surface area contributed by atoms with Crippen molar-refractivity contribution < 1.29 is 23.6 Å². The molecule has 1 aromatic heterocycles. The van der Waals surface area contributed by atoms with Gasteiger partial charge in [-0.15, -0.1) is 0 Å². The number of aryl methyl sites for hydroxylation is 1. The standard InChI is InChI=1S/C21H20ClN3O5/c1-2-28-20(27)13-29-17-5-3-4-16(12-17)23-18(26)10-11-19-24-21(25-30-19)14-6-8-15(22)9-7-14/h3-9,12H,2,10-11,13H2,1H3,(H,23,26). The first-order chi connectivity index (χ1) is 14.5. The second kappa shape index (κ2) is 10.4. The number of carbonyl (C=O) groups is 2. The lowest BCUT2D eigenvalue weighted by Crippen LogP contribution is -2.15. The van der Waals surface area contributed by atoms with E-state index in [-0.39, 0.29) is 18.9 Å². The van der Waals surface area contributed by atoms with Gasteiger partial charge in [-0.1, -0.05) is 22.8 Å². The fraction of sp³-hybridized carbons (Fsp3) is 0.238. The van der Waals surface area contributed by atoms with Gasteiger partial charge < -0.3 is 19.3 Å². The summed E-state index contributed by atoms with van der Waals surface area (Å²) in [4.78, 5) is 27.9. The first-order valence-corrected chi connectivity index (χ1v) is 9.68. The zero-order chi connectivity index (χ0) is 21.3. The molecular weight excluding hydrogens is 410 g/mol. The summed E-state index contributed by atoms with van der Waals surface area (Å²) in [5, 5.41) is 7.31. The lowest BCUT2D eigenvalue weighted by molar-refractivity contribution is -0.145. The van der Waals surface area contributed by atoms with Gasteiger partial charge >= 0.3 is 5.97 Å². The molecule has 9 heteroatoms. The molecule has 0 aliphatic rings. The van der Waals surface area contributed by atoms with Gasteiger partial charge in [0.25, 0.3) is 0 Å². The zero-order valence-electron chi connectivity index (χ0n) is 16.3. The van der Waals surface area contributed by atoms with Crippen molar-refractivity contribution in [2.45, 2.75) is 19.8 Å². The van der Waals surface area contributed by atoms with Crippen LogP contribution in [0.4, 0.5) is 5.69 Å². The number of amides is 1. The topological polar surface area (TPSA) is 104 Å². The van der Waals surface area contributed by atoms with E-state index < -0.39 is 5.97 Å². The molecule has 0 saturated heterocycles. The Hall–Kier alpha value is -3.39. The van der Waals surface area contributed by atoms with E-state index in [1.54, 1.807) is 55.5 Å². The number of anilines is 1. The summed E-state index contributed by atoms with van der Waals surface area (Å²) >= 11 is 5.87. The Morgan fingerprint density at radius 3 is 2.73 bits per heavy atom. The largest absolute Gasteiger partial charge is 0.482 e. The molecule has 0 aliphatic carbocycles. The predicted octanol–water partition coefficient (Wildman–Crippen LogP) is 3.90. The molecule has 2 aromatic carbocycles. The Morgan fingerprint density at radius 1 is 1.17 bits per heavy atom. The first kappa shape index (κ1) is 21.3. The van der Waals surface area contributed by atoms with Gasteiger partial charge in [-0.05, 0) is 43.3 Å². The second-order valence-corrected chi connectivity index (χ2v) is 6.62. The number of aromatic nitrogens is 2. The molecule has 0 fully saturated rings. The van der Waals surface area contributed by atoms with E-state index in [4.69, 9.17) is 25.6 Å². The molecular formula is C21H20ClN3O5. The maximum absolute atomic E-state index is 12.2. The van der Waals surface area contributed by atoms with Gasteiger partial charge in [0.15, 0.2) is 6.61 Å². The summed E-state index contributed by atoms with van der Waals surface area (Å²) in [6, 6.07) is 13.8. The Bertz CT molecular complexity index is 1000. The van der Waals surface area contributed by atoms with Gasteiger partial charge in [0.1, 0.15) is 5.75 Å². The van der Waals surface area contributed by atoms with Crippen LogP contribution in [0.15, 0.2) is 53.1 Å². The van der Waals surface area contributed by atoms with Crippen molar-refractivity contribution in [3.05, 3.63) is 59.4 Å². The smallest absolute Gasteiger partial charge is 0.344 e. The number of benzene rings is 2. The molecule has 30 heavy (non-hydrogen) atoms. The predicted molar refractivity (Wildman–Crippen MR) is 110 cm³/mol. The summed E-state index contributed by atoms with van der Waals surface area (Å²) < 4.78 is 15.4. The quantitative estimate of drug-likeness (QED) is 0.514. The molecule has 0 spiro atoms. The van der Waals surface area contributed by atoms with Crippen molar-refractivity contribution >= 4 is 29.2 Å². The van der Waals surface area contributed by atoms with Crippen LogP contribution in [0.1, 0.15) is 19.2 Å². The van der Waals surface area contributed by atoms with Gasteiger partial charge in [0.2, 0.25) is 17.6 Å². The van der Waals surface area contributed by atoms with Gasteiger partial charge in [-0.2, -0.15) is 4.98 Å². The number of ether oxygens (including phenoxy) is 2. The Kier molecular flexibility index (Phi) is 7.40. The maximum Gasteiger partial charge on any atom is 0.344 e. The van der Waals surface area contributed by atoms with Gasteiger partial charge in [0.05, 0.1) is 6.61 Å². The third-order valence-corrected chi connectivity index (χ3v) is 4.17. The highest BCUT2D eigenvalue weighted by atomic mass is 35.5. The molecule has 0 saturated carbocycles. The molecule has 156 valence electrons. The minimum absolute atomic E-state index is 0.163. The number of rotatable bonds is 9. The number of halogens is 1. The molecule has 3 rings (SSSR count). The number of esters is 1. The van der Waals surface area contributed by atoms with E-state index in [0.29, 0.717) is 41.2 Å². The summed E-state index contributed by atoms with van der Waals surface area (Å²) in [5.74, 6) is 0.578. The number of hydrogen-bond acceptors (Lipinski definition) is 7. The molecule has 0 bridgehead atoms. The molecule has 0 atom stereocenters. The van der Waals surface area contributed by atoms with Crippen LogP contribution in [0.25, 0.3) is 11.4 Å². The van der Waals surface area contributed by atoms with Crippen molar-refractivity contribution in [3.63, 3.8) is 0 Å². The average molecular weight is 430 g/mol. The minimum Gasteiger partial charge on any atom is -0.482 e. The van der Waals surface area contributed by atoms with E-state index in [2.05, 4.69) is 15.5 Å². The van der Waals surface area contributed by atoms with Crippen LogP contribution in [-0.2, 0) is 20.7 Å². The van der Waals surface area contributed by atoms with Crippen molar-refractivity contribution in [2.75, 3.05) is 18.5 Å². The lowest BCUT2D eigenvalue weighted by atomic mass is 10.2.